The molecule has 1 heterocycles. The lowest BCUT2D eigenvalue weighted by Crippen LogP contribution is -2.24. The monoisotopic (exact) mass is 338 g/mol. The number of nitrogen functional groups attached to an aromatic ring is 1. The summed E-state index contributed by atoms with van der Waals surface area (Å²) >= 11 is 0. The maximum atomic E-state index is 14.4. The molecule has 5 N–H and O–H groups in total. The lowest BCUT2D eigenvalue weighted by molar-refractivity contribution is 0.0695. The third-order valence-corrected chi connectivity index (χ3v) is 3.48. The van der Waals surface area contributed by atoms with Crippen LogP contribution in [0.5, 0.6) is 0 Å². The first-order valence-corrected chi connectivity index (χ1v) is 6.70. The topological polar surface area (TPSA) is 133 Å². The summed E-state index contributed by atoms with van der Waals surface area (Å²) < 4.78 is 28.4. The summed E-state index contributed by atoms with van der Waals surface area (Å²) in [5, 5.41) is 18.5. The number of aryl methyl sites for hydroxylation is 1. The van der Waals surface area contributed by atoms with Crippen molar-refractivity contribution in [1.82, 2.24) is 4.98 Å². The molecule has 0 aliphatic rings. The zero-order valence-electron chi connectivity index (χ0n) is 12.3. The van der Waals surface area contributed by atoms with Crippen molar-refractivity contribution in [3.63, 3.8) is 0 Å². The van der Waals surface area contributed by atoms with Crippen LogP contribution in [-0.4, -0.2) is 27.1 Å². The molecule has 0 bridgehead atoms. The molecule has 24 heavy (non-hydrogen) atoms. The van der Waals surface area contributed by atoms with Crippen LogP contribution in [0.15, 0.2) is 16.9 Å². The average molecular weight is 338 g/mol. The van der Waals surface area contributed by atoms with Gasteiger partial charge in [-0.2, -0.15) is 0 Å². The Morgan fingerprint density at radius 3 is 2.21 bits per heavy atom. The van der Waals surface area contributed by atoms with Gasteiger partial charge in [-0.25, -0.2) is 18.4 Å². The minimum Gasteiger partial charge on any atom is -0.478 e. The number of aromatic amines is 1. The smallest absolute Gasteiger partial charge is 0.342 e. The Bertz CT molecular complexity index is 921. The van der Waals surface area contributed by atoms with E-state index in [-0.39, 0.29) is 12.0 Å². The van der Waals surface area contributed by atoms with Crippen LogP contribution in [0, 0.1) is 11.6 Å². The minimum atomic E-state index is -1.80. The summed E-state index contributed by atoms with van der Waals surface area (Å²) in [6.07, 6.45) is 0.165. The van der Waals surface area contributed by atoms with Gasteiger partial charge >= 0.3 is 11.9 Å². The molecule has 7 nitrogen and oxygen atoms in total. The van der Waals surface area contributed by atoms with Gasteiger partial charge in [0.2, 0.25) is 0 Å². The molecule has 0 atom stereocenters. The number of anilines is 1. The van der Waals surface area contributed by atoms with Crippen molar-refractivity contribution >= 4 is 17.8 Å². The Hall–Kier alpha value is -3.23. The second-order valence-corrected chi connectivity index (χ2v) is 4.86. The first-order chi connectivity index (χ1) is 11.2. The van der Waals surface area contributed by atoms with Crippen LogP contribution in [0.4, 0.5) is 14.6 Å². The van der Waals surface area contributed by atoms with Gasteiger partial charge in [0.05, 0.1) is 0 Å². The highest BCUT2D eigenvalue weighted by Gasteiger charge is 2.29. The molecule has 1 aromatic heterocycles. The number of carbonyl (C=O) groups is 2. The van der Waals surface area contributed by atoms with Crippen molar-refractivity contribution in [3.8, 4) is 11.1 Å². The molecule has 0 aliphatic heterocycles. The molecule has 0 saturated carbocycles. The highest BCUT2D eigenvalue weighted by molar-refractivity contribution is 6.07. The predicted octanol–water partition coefficient (Wildman–Crippen LogP) is 1.86. The predicted molar refractivity (Wildman–Crippen MR) is 80.1 cm³/mol. The molecule has 0 unspecified atom stereocenters. The van der Waals surface area contributed by atoms with E-state index in [1.807, 2.05) is 4.98 Å². The van der Waals surface area contributed by atoms with Crippen molar-refractivity contribution in [2.45, 2.75) is 13.3 Å². The number of halogens is 2. The number of H-pyrrole nitrogens is 1. The van der Waals surface area contributed by atoms with E-state index in [0.717, 1.165) is 6.07 Å². The first-order valence-electron chi connectivity index (χ1n) is 6.70. The molecular formula is C15H12F2N2O5. The standard InChI is InChI=1S/C15H12F2N2O5/c1-2-5-3-4-6(11(17)10(5)16)7-8(14(21)22)12(18)19-13(20)9(7)15(23)24/h3-4H,2H2,1H3,(H,21,22)(H,23,24)(H3,18,19,20). The minimum absolute atomic E-state index is 0.0165. The SMILES string of the molecule is CCc1ccc(-c2c(C(=O)O)c(N)[nH]c(=O)c2C(=O)O)c(F)c1F. The third kappa shape index (κ3) is 2.60. The van der Waals surface area contributed by atoms with Crippen LogP contribution < -0.4 is 11.3 Å². The number of aromatic nitrogens is 1. The molecule has 0 radical (unpaired) electrons. The molecule has 2 aromatic rings. The van der Waals surface area contributed by atoms with Gasteiger partial charge in [0.1, 0.15) is 16.9 Å². The summed E-state index contributed by atoms with van der Waals surface area (Å²) in [6.45, 7) is 1.58. The fourth-order valence-electron chi connectivity index (χ4n) is 2.37. The zero-order valence-corrected chi connectivity index (χ0v) is 12.3. The summed E-state index contributed by atoms with van der Waals surface area (Å²) in [4.78, 5) is 36.5. The van der Waals surface area contributed by atoms with E-state index in [1.54, 1.807) is 6.92 Å². The van der Waals surface area contributed by atoms with E-state index >= 15 is 0 Å². The Kier molecular flexibility index (Phi) is 4.36. The van der Waals surface area contributed by atoms with Gasteiger partial charge in [0.15, 0.2) is 11.6 Å². The van der Waals surface area contributed by atoms with Crippen LogP contribution in [0.3, 0.4) is 0 Å². The number of benzene rings is 1. The average Bonchev–Trinajstić information content (AvgIpc) is 2.48. The number of nitrogens with one attached hydrogen (secondary N) is 1. The molecule has 0 aliphatic carbocycles. The van der Waals surface area contributed by atoms with Crippen molar-refractivity contribution in [2.75, 3.05) is 5.73 Å². The van der Waals surface area contributed by atoms with Gasteiger partial charge in [-0.15, -0.1) is 0 Å². The normalized spacial score (nSPS) is 10.6. The largest absolute Gasteiger partial charge is 0.478 e. The Morgan fingerprint density at radius 2 is 1.71 bits per heavy atom. The second kappa shape index (κ2) is 6.11. The van der Waals surface area contributed by atoms with E-state index in [2.05, 4.69) is 0 Å². The molecule has 1 aromatic carbocycles. The van der Waals surface area contributed by atoms with Crippen molar-refractivity contribution in [3.05, 3.63) is 50.8 Å². The number of aromatic carboxylic acids is 2. The maximum Gasteiger partial charge on any atom is 0.342 e. The number of rotatable bonds is 4. The lowest BCUT2D eigenvalue weighted by atomic mass is 9.93. The van der Waals surface area contributed by atoms with Crippen LogP contribution in [-0.2, 0) is 6.42 Å². The van der Waals surface area contributed by atoms with Crippen molar-refractivity contribution < 1.29 is 28.6 Å². The Labute approximate surface area is 133 Å². The fourth-order valence-corrected chi connectivity index (χ4v) is 2.37. The van der Waals surface area contributed by atoms with Gasteiger partial charge < -0.3 is 20.9 Å². The summed E-state index contributed by atoms with van der Waals surface area (Å²) in [6, 6.07) is 2.20. The summed E-state index contributed by atoms with van der Waals surface area (Å²) in [5.41, 5.74) is 0.908. The quantitative estimate of drug-likeness (QED) is 0.672. The Balaban J connectivity index is 3.03. The van der Waals surface area contributed by atoms with E-state index < -0.39 is 57.2 Å². The second-order valence-electron chi connectivity index (χ2n) is 4.86. The zero-order chi connectivity index (χ0) is 18.2. The van der Waals surface area contributed by atoms with Crippen LogP contribution in [0.25, 0.3) is 11.1 Å². The van der Waals surface area contributed by atoms with Gasteiger partial charge in [-0.3, -0.25) is 4.79 Å². The van der Waals surface area contributed by atoms with Crippen LogP contribution in [0.2, 0.25) is 0 Å². The van der Waals surface area contributed by atoms with Crippen molar-refractivity contribution in [1.29, 1.82) is 0 Å². The highest BCUT2D eigenvalue weighted by Crippen LogP contribution is 2.33. The summed E-state index contributed by atoms with van der Waals surface area (Å²) in [5.74, 6) is -6.86. The van der Waals surface area contributed by atoms with Gasteiger partial charge in [0.25, 0.3) is 5.56 Å². The third-order valence-electron chi connectivity index (χ3n) is 3.48. The maximum absolute atomic E-state index is 14.4. The van der Waals surface area contributed by atoms with E-state index in [4.69, 9.17) is 5.73 Å². The molecule has 9 heteroatoms. The number of pyridine rings is 1. The molecule has 0 spiro atoms. The number of carboxylic acid groups (broad SMARTS) is 2. The molecule has 126 valence electrons. The van der Waals surface area contributed by atoms with Gasteiger partial charge in [-0.1, -0.05) is 19.1 Å². The molecule has 0 fully saturated rings. The van der Waals surface area contributed by atoms with Crippen molar-refractivity contribution in [2.24, 2.45) is 0 Å². The number of hydrogen-bond donors (Lipinski definition) is 4. The number of hydrogen-bond acceptors (Lipinski definition) is 4. The van der Waals surface area contributed by atoms with Crippen LogP contribution in [0.1, 0.15) is 33.2 Å². The first kappa shape index (κ1) is 17.1. The van der Waals surface area contributed by atoms with E-state index in [9.17, 15) is 33.4 Å². The lowest BCUT2D eigenvalue weighted by Gasteiger charge is -2.14. The molecule has 2 rings (SSSR count). The number of nitrogens with two attached hydrogens (primary N) is 1. The van der Waals surface area contributed by atoms with Crippen LogP contribution >= 0.6 is 0 Å². The molecule has 0 saturated heterocycles. The Morgan fingerprint density at radius 1 is 1.12 bits per heavy atom. The van der Waals surface area contributed by atoms with Gasteiger partial charge in [-0.05, 0) is 12.0 Å². The number of carboxylic acids is 2. The molecular weight excluding hydrogens is 326 g/mol. The fraction of sp³-hybridized carbons (Fsp3) is 0.133. The van der Waals surface area contributed by atoms with Gasteiger partial charge in [0, 0.05) is 11.1 Å². The summed E-state index contributed by atoms with van der Waals surface area (Å²) in [7, 11) is 0. The van der Waals surface area contributed by atoms with E-state index in [0.29, 0.717) is 0 Å². The highest BCUT2D eigenvalue weighted by atomic mass is 19.2. The molecule has 0 amide bonds. The van der Waals surface area contributed by atoms with E-state index in [1.165, 1.54) is 6.07 Å².